The quantitative estimate of drug-likeness (QED) is 0.643. The van der Waals surface area contributed by atoms with Crippen LogP contribution in [-0.2, 0) is 5.75 Å². The van der Waals surface area contributed by atoms with E-state index in [2.05, 4.69) is 20.3 Å². The minimum atomic E-state index is -1.14. The molecule has 0 radical (unpaired) electrons. The van der Waals surface area contributed by atoms with Crippen molar-refractivity contribution in [2.45, 2.75) is 10.6 Å². The lowest BCUT2D eigenvalue weighted by Gasteiger charge is -2.01. The Bertz CT molecular complexity index is 773. The third kappa shape index (κ3) is 3.32. The van der Waals surface area contributed by atoms with Crippen LogP contribution in [0.5, 0.6) is 0 Å². The fraction of sp³-hybridized carbons (Fsp3) is 0.0714. The number of nitrogens with one attached hydrogen (secondary N) is 2. The summed E-state index contributed by atoms with van der Waals surface area (Å²) in [5.41, 5.74) is 2.53. The highest BCUT2D eigenvalue weighted by Gasteiger charge is 2.06. The second kappa shape index (κ2) is 5.84. The molecule has 3 aromatic rings. The third-order valence-corrected chi connectivity index (χ3v) is 3.82. The van der Waals surface area contributed by atoms with Gasteiger partial charge >= 0.3 is 6.09 Å². The van der Waals surface area contributed by atoms with Gasteiger partial charge in [-0.05, 0) is 30.3 Å². The summed E-state index contributed by atoms with van der Waals surface area (Å²) in [5, 5.41) is 10.9. The van der Waals surface area contributed by atoms with Crippen LogP contribution in [-0.4, -0.2) is 26.2 Å². The summed E-state index contributed by atoms with van der Waals surface area (Å²) in [4.78, 5) is 23.0. The normalized spacial score (nSPS) is 10.7. The van der Waals surface area contributed by atoms with E-state index in [1.807, 2.05) is 36.4 Å². The van der Waals surface area contributed by atoms with Gasteiger partial charge in [-0.25, -0.2) is 9.78 Å². The van der Waals surface area contributed by atoms with Crippen molar-refractivity contribution >= 4 is 34.8 Å². The predicted molar refractivity (Wildman–Crippen MR) is 81.5 cm³/mol. The van der Waals surface area contributed by atoms with Crippen LogP contribution < -0.4 is 5.32 Å². The van der Waals surface area contributed by atoms with E-state index in [1.54, 1.807) is 18.0 Å². The molecule has 0 saturated carbocycles. The number of H-pyrrole nitrogens is 1. The zero-order valence-corrected chi connectivity index (χ0v) is 11.7. The van der Waals surface area contributed by atoms with E-state index in [9.17, 15) is 4.79 Å². The number of aromatic nitrogens is 3. The number of carboxylic acid groups (broad SMARTS) is 1. The van der Waals surface area contributed by atoms with Crippen molar-refractivity contribution in [3.63, 3.8) is 0 Å². The molecule has 0 spiro atoms. The maximum atomic E-state index is 10.6. The Morgan fingerprint density at radius 3 is 3.00 bits per heavy atom. The number of hydrogen-bond acceptors (Lipinski definition) is 4. The molecule has 3 rings (SSSR count). The van der Waals surface area contributed by atoms with Gasteiger partial charge in [0.2, 0.25) is 5.95 Å². The van der Waals surface area contributed by atoms with Crippen LogP contribution >= 0.6 is 11.8 Å². The van der Waals surface area contributed by atoms with E-state index in [0.717, 1.165) is 27.4 Å². The SMILES string of the molecule is O=C(O)Nc1nc2ccc(SCc3ccccn3)cc2[nH]1. The number of benzene rings is 1. The molecule has 1 aromatic carbocycles. The van der Waals surface area contributed by atoms with Gasteiger partial charge < -0.3 is 10.1 Å². The first-order valence-corrected chi connectivity index (χ1v) is 7.22. The highest BCUT2D eigenvalue weighted by molar-refractivity contribution is 7.98. The lowest BCUT2D eigenvalue weighted by molar-refractivity contribution is 0.209. The lowest BCUT2D eigenvalue weighted by atomic mass is 10.3. The number of aromatic amines is 1. The van der Waals surface area contributed by atoms with Crippen LogP contribution in [0.3, 0.4) is 0 Å². The van der Waals surface area contributed by atoms with Crippen molar-refractivity contribution < 1.29 is 9.90 Å². The summed E-state index contributed by atoms with van der Waals surface area (Å²) in [5.74, 6) is 1.00. The van der Waals surface area contributed by atoms with Gasteiger partial charge in [0.05, 0.1) is 16.7 Å². The number of imidazole rings is 1. The van der Waals surface area contributed by atoms with Crippen molar-refractivity contribution in [3.8, 4) is 0 Å². The Morgan fingerprint density at radius 2 is 2.24 bits per heavy atom. The Morgan fingerprint density at radius 1 is 1.33 bits per heavy atom. The summed E-state index contributed by atoms with van der Waals surface area (Å²) in [6.45, 7) is 0. The van der Waals surface area contributed by atoms with Crippen LogP contribution in [0.4, 0.5) is 10.7 Å². The summed E-state index contributed by atoms with van der Waals surface area (Å²) in [6.07, 6.45) is 0.636. The Labute approximate surface area is 124 Å². The molecule has 2 heterocycles. The average molecular weight is 300 g/mol. The van der Waals surface area contributed by atoms with Gasteiger partial charge in [-0.15, -0.1) is 11.8 Å². The second-order valence-corrected chi connectivity index (χ2v) is 5.35. The molecule has 0 aliphatic rings. The third-order valence-electron chi connectivity index (χ3n) is 2.79. The van der Waals surface area contributed by atoms with Gasteiger partial charge in [-0.3, -0.25) is 10.3 Å². The van der Waals surface area contributed by atoms with Gasteiger partial charge in [0.1, 0.15) is 0 Å². The van der Waals surface area contributed by atoms with Gasteiger partial charge in [0.25, 0.3) is 0 Å². The van der Waals surface area contributed by atoms with E-state index in [4.69, 9.17) is 5.11 Å². The molecular weight excluding hydrogens is 288 g/mol. The first-order valence-electron chi connectivity index (χ1n) is 6.23. The van der Waals surface area contributed by atoms with E-state index in [0.29, 0.717) is 0 Å². The van der Waals surface area contributed by atoms with Crippen LogP contribution in [0, 0.1) is 0 Å². The summed E-state index contributed by atoms with van der Waals surface area (Å²) < 4.78 is 0. The van der Waals surface area contributed by atoms with Crippen LogP contribution in [0.25, 0.3) is 11.0 Å². The Hall–Kier alpha value is -2.54. The fourth-order valence-corrected chi connectivity index (χ4v) is 2.73. The lowest BCUT2D eigenvalue weighted by Crippen LogP contribution is -2.08. The zero-order valence-electron chi connectivity index (χ0n) is 10.9. The molecule has 0 unspecified atom stereocenters. The molecule has 7 heteroatoms. The van der Waals surface area contributed by atoms with Crippen LogP contribution in [0.1, 0.15) is 5.69 Å². The number of hydrogen-bond donors (Lipinski definition) is 3. The number of amides is 1. The molecular formula is C14H12N4O2S. The molecule has 0 saturated heterocycles. The molecule has 6 nitrogen and oxygen atoms in total. The number of fused-ring (bicyclic) bond motifs is 1. The average Bonchev–Trinajstić information content (AvgIpc) is 2.86. The number of carbonyl (C=O) groups is 1. The van der Waals surface area contributed by atoms with Crippen molar-refractivity contribution in [3.05, 3.63) is 48.3 Å². The molecule has 21 heavy (non-hydrogen) atoms. The van der Waals surface area contributed by atoms with E-state index in [-0.39, 0.29) is 5.95 Å². The smallest absolute Gasteiger partial charge is 0.411 e. The van der Waals surface area contributed by atoms with Crippen molar-refractivity contribution in [2.75, 3.05) is 5.32 Å². The monoisotopic (exact) mass is 300 g/mol. The minimum absolute atomic E-state index is 0.226. The topological polar surface area (TPSA) is 90.9 Å². The molecule has 1 amide bonds. The zero-order chi connectivity index (χ0) is 14.7. The first kappa shape index (κ1) is 13.4. The number of pyridine rings is 1. The number of nitrogens with zero attached hydrogens (tertiary/aromatic N) is 2. The van der Waals surface area contributed by atoms with Gasteiger partial charge in [0.15, 0.2) is 0 Å². The summed E-state index contributed by atoms with van der Waals surface area (Å²) in [7, 11) is 0. The van der Waals surface area contributed by atoms with Crippen LogP contribution in [0.15, 0.2) is 47.5 Å². The molecule has 0 fully saturated rings. The van der Waals surface area contributed by atoms with E-state index >= 15 is 0 Å². The Kier molecular flexibility index (Phi) is 3.74. The maximum Gasteiger partial charge on any atom is 0.411 e. The highest BCUT2D eigenvalue weighted by Crippen LogP contribution is 2.25. The number of rotatable bonds is 4. The standard InChI is InChI=1S/C14H12N4O2S/c19-14(20)18-13-16-11-5-4-10(7-12(11)17-13)21-8-9-3-1-2-6-15-9/h1-7H,8H2,(H,19,20)(H2,16,17,18). The van der Waals surface area contributed by atoms with Crippen molar-refractivity contribution in [1.29, 1.82) is 0 Å². The second-order valence-electron chi connectivity index (χ2n) is 4.30. The molecule has 0 aliphatic heterocycles. The molecule has 0 aliphatic carbocycles. The minimum Gasteiger partial charge on any atom is -0.465 e. The van der Waals surface area contributed by atoms with E-state index < -0.39 is 6.09 Å². The molecule has 0 atom stereocenters. The van der Waals surface area contributed by atoms with Gasteiger partial charge in [-0.1, -0.05) is 6.07 Å². The van der Waals surface area contributed by atoms with Gasteiger partial charge in [0, 0.05) is 16.8 Å². The predicted octanol–water partition coefficient (Wildman–Crippen LogP) is 3.34. The molecule has 0 bridgehead atoms. The molecule has 2 aromatic heterocycles. The fourth-order valence-electron chi connectivity index (χ4n) is 1.88. The summed E-state index contributed by atoms with van der Waals surface area (Å²) in [6, 6.07) is 11.6. The molecule has 106 valence electrons. The maximum absolute atomic E-state index is 10.6. The van der Waals surface area contributed by atoms with Crippen LogP contribution in [0.2, 0.25) is 0 Å². The molecule has 3 N–H and O–H groups in total. The van der Waals surface area contributed by atoms with Crippen molar-refractivity contribution in [2.24, 2.45) is 0 Å². The van der Waals surface area contributed by atoms with Gasteiger partial charge in [-0.2, -0.15) is 0 Å². The largest absolute Gasteiger partial charge is 0.465 e. The highest BCUT2D eigenvalue weighted by atomic mass is 32.2. The summed E-state index contributed by atoms with van der Waals surface area (Å²) >= 11 is 1.66. The number of anilines is 1. The van der Waals surface area contributed by atoms with E-state index in [1.165, 1.54) is 0 Å². The van der Waals surface area contributed by atoms with Crippen molar-refractivity contribution in [1.82, 2.24) is 15.0 Å². The Balaban J connectivity index is 1.76. The number of thioether (sulfide) groups is 1. The first-order chi connectivity index (χ1) is 10.2.